The summed E-state index contributed by atoms with van der Waals surface area (Å²) >= 11 is 7.32. The van der Waals surface area contributed by atoms with E-state index < -0.39 is 0 Å². The summed E-state index contributed by atoms with van der Waals surface area (Å²) in [5, 5.41) is 0. The normalized spacial score (nSPS) is 10.2. The number of carbonyl (C=O) groups excluding carboxylic acids is 1. The largest absolute Gasteiger partial charge is 0.299 e. The topological polar surface area (TPSA) is 41.1 Å². The van der Waals surface area contributed by atoms with Crippen molar-refractivity contribution in [3.05, 3.63) is 74.3 Å². The molecule has 0 fully saturated rings. The summed E-state index contributed by atoms with van der Waals surface area (Å²) in [6, 6.07) is 15.9. The van der Waals surface area contributed by atoms with Crippen molar-refractivity contribution in [3.63, 3.8) is 0 Å². The molecule has 0 aliphatic carbocycles. The van der Waals surface area contributed by atoms with Crippen molar-refractivity contribution in [3.8, 4) is 0 Å². The van der Waals surface area contributed by atoms with Gasteiger partial charge in [0.1, 0.15) is 0 Å². The first-order valence-corrected chi connectivity index (χ1v) is 9.90. The lowest BCUT2D eigenvalue weighted by atomic mass is 10.2. The van der Waals surface area contributed by atoms with E-state index in [1.807, 2.05) is 48.5 Å². The summed E-state index contributed by atoms with van der Waals surface area (Å²) in [6.45, 7) is 3.94. The Labute approximate surface area is 162 Å². The van der Waals surface area contributed by atoms with Crippen LogP contribution in [-0.2, 0) is 10.5 Å². The Kier molecular flexibility index (Phi) is 7.45. The van der Waals surface area contributed by atoms with Crippen LogP contribution in [0.25, 0.3) is 5.70 Å². The number of thioether (sulfide) groups is 1. The molecule has 0 bridgehead atoms. The summed E-state index contributed by atoms with van der Waals surface area (Å²) in [5.41, 5.74) is 8.36. The fourth-order valence-electron chi connectivity index (χ4n) is 1.80. The van der Waals surface area contributed by atoms with Crippen molar-refractivity contribution in [2.24, 2.45) is 0 Å². The molecule has 0 aliphatic rings. The van der Waals surface area contributed by atoms with E-state index in [9.17, 15) is 4.79 Å². The zero-order valence-electron chi connectivity index (χ0n) is 12.3. The predicted molar refractivity (Wildman–Crippen MR) is 110 cm³/mol. The molecule has 0 radical (unpaired) electrons. The quantitative estimate of drug-likeness (QED) is 0.430. The third-order valence-electron chi connectivity index (χ3n) is 2.97. The molecule has 120 valence electrons. The zero-order valence-corrected chi connectivity index (χ0v) is 16.9. The van der Waals surface area contributed by atoms with Crippen molar-refractivity contribution in [1.29, 1.82) is 0 Å². The van der Waals surface area contributed by atoms with E-state index in [4.69, 9.17) is 0 Å². The zero-order chi connectivity index (χ0) is 16.7. The van der Waals surface area contributed by atoms with Crippen molar-refractivity contribution in [2.45, 2.75) is 5.75 Å². The lowest BCUT2D eigenvalue weighted by molar-refractivity contribution is -0.119. The highest BCUT2D eigenvalue weighted by molar-refractivity contribution is 14.1. The number of hydrazine groups is 1. The molecule has 0 atom stereocenters. The third kappa shape index (κ3) is 6.19. The van der Waals surface area contributed by atoms with Crippen LogP contribution in [0, 0.1) is 3.57 Å². The first-order valence-electron chi connectivity index (χ1n) is 6.87. The number of nitrogens with one attached hydrogen (secondary N) is 2. The van der Waals surface area contributed by atoms with Gasteiger partial charge >= 0.3 is 0 Å². The van der Waals surface area contributed by atoms with Crippen LogP contribution in [0.3, 0.4) is 0 Å². The smallest absolute Gasteiger partial charge is 0.248 e. The van der Waals surface area contributed by atoms with Crippen LogP contribution in [0.1, 0.15) is 11.1 Å². The fraction of sp³-hybridized carbons (Fsp3) is 0.118. The summed E-state index contributed by atoms with van der Waals surface area (Å²) in [7, 11) is 0. The molecule has 23 heavy (non-hydrogen) atoms. The monoisotopic (exact) mass is 502 g/mol. The van der Waals surface area contributed by atoms with Crippen LogP contribution < -0.4 is 10.9 Å². The molecule has 0 saturated carbocycles. The van der Waals surface area contributed by atoms with E-state index in [-0.39, 0.29) is 5.91 Å². The molecule has 2 aromatic rings. The first kappa shape index (κ1) is 18.4. The number of carbonyl (C=O) groups is 1. The van der Waals surface area contributed by atoms with Gasteiger partial charge < -0.3 is 0 Å². The second kappa shape index (κ2) is 9.34. The number of hydrogen-bond acceptors (Lipinski definition) is 3. The molecular formula is C17H16BrIN2OS. The van der Waals surface area contributed by atoms with Gasteiger partial charge in [0, 0.05) is 13.8 Å². The Bertz CT molecular complexity index is 708. The standard InChI is InChI=1S/C17H16BrIN2OS/c1-12(13-6-4-7-15(19)9-13)20-21-17(22)11-23-10-14-5-2-3-8-16(14)18/h2-9,20H,1,10-11H2,(H,21,22). The number of hydrogen-bond donors (Lipinski definition) is 2. The van der Waals surface area contributed by atoms with Gasteiger partial charge in [-0.25, -0.2) is 0 Å². The van der Waals surface area contributed by atoms with E-state index in [1.165, 1.54) is 5.56 Å². The predicted octanol–water partition coefficient (Wildman–Crippen LogP) is 4.58. The maximum absolute atomic E-state index is 11.9. The van der Waals surface area contributed by atoms with Gasteiger partial charge in [-0.1, -0.05) is 52.8 Å². The van der Waals surface area contributed by atoms with E-state index >= 15 is 0 Å². The Hall–Kier alpha value is -0.990. The fourth-order valence-corrected chi connectivity index (χ4v) is 3.78. The van der Waals surface area contributed by atoms with Crippen LogP contribution in [0.4, 0.5) is 0 Å². The average molecular weight is 503 g/mol. The molecule has 0 spiro atoms. The molecule has 2 N–H and O–H groups in total. The Balaban J connectivity index is 1.73. The molecule has 0 heterocycles. The SMILES string of the molecule is C=C(NNC(=O)CSCc1ccccc1Br)c1cccc(I)c1. The van der Waals surface area contributed by atoms with Gasteiger partial charge in [-0.15, -0.1) is 11.8 Å². The van der Waals surface area contributed by atoms with E-state index in [0.29, 0.717) is 11.4 Å². The molecule has 0 aromatic heterocycles. The molecule has 2 rings (SSSR count). The number of benzene rings is 2. The van der Waals surface area contributed by atoms with Crippen molar-refractivity contribution >= 4 is 61.9 Å². The summed E-state index contributed by atoms with van der Waals surface area (Å²) in [5.74, 6) is 1.09. The van der Waals surface area contributed by atoms with Gasteiger partial charge in [0.05, 0.1) is 11.4 Å². The molecule has 6 heteroatoms. The van der Waals surface area contributed by atoms with Gasteiger partial charge in [0.2, 0.25) is 5.91 Å². The summed E-state index contributed by atoms with van der Waals surface area (Å²) in [4.78, 5) is 11.9. The Morgan fingerprint density at radius 1 is 1.17 bits per heavy atom. The first-order chi connectivity index (χ1) is 11.1. The average Bonchev–Trinajstić information content (AvgIpc) is 2.54. The maximum Gasteiger partial charge on any atom is 0.248 e. The number of rotatable bonds is 7. The Morgan fingerprint density at radius 3 is 2.70 bits per heavy atom. The lowest BCUT2D eigenvalue weighted by Gasteiger charge is -2.11. The minimum atomic E-state index is -0.0752. The summed E-state index contributed by atoms with van der Waals surface area (Å²) < 4.78 is 2.19. The van der Waals surface area contributed by atoms with Gasteiger partial charge in [-0.05, 0) is 51.9 Å². The van der Waals surface area contributed by atoms with Crippen LogP contribution in [0.15, 0.2) is 59.6 Å². The molecule has 0 aliphatic heterocycles. The van der Waals surface area contributed by atoms with Gasteiger partial charge in [0.25, 0.3) is 0 Å². The van der Waals surface area contributed by atoms with Gasteiger partial charge in [-0.3, -0.25) is 15.6 Å². The molecule has 0 unspecified atom stereocenters. The molecule has 1 amide bonds. The second-order valence-electron chi connectivity index (χ2n) is 4.75. The van der Waals surface area contributed by atoms with Crippen LogP contribution >= 0.6 is 50.3 Å². The molecule has 0 saturated heterocycles. The third-order valence-corrected chi connectivity index (χ3v) is 5.40. The second-order valence-corrected chi connectivity index (χ2v) is 7.83. The van der Waals surface area contributed by atoms with Crippen molar-refractivity contribution in [2.75, 3.05) is 5.75 Å². The van der Waals surface area contributed by atoms with Crippen LogP contribution in [0.5, 0.6) is 0 Å². The van der Waals surface area contributed by atoms with E-state index in [2.05, 4.69) is 56.0 Å². The minimum Gasteiger partial charge on any atom is -0.299 e. The van der Waals surface area contributed by atoms with Crippen molar-refractivity contribution in [1.82, 2.24) is 10.9 Å². The van der Waals surface area contributed by atoms with Crippen molar-refractivity contribution < 1.29 is 4.79 Å². The maximum atomic E-state index is 11.9. The highest BCUT2D eigenvalue weighted by Crippen LogP contribution is 2.21. The minimum absolute atomic E-state index is 0.0752. The molecule has 2 aromatic carbocycles. The molecular weight excluding hydrogens is 487 g/mol. The van der Waals surface area contributed by atoms with E-state index in [0.717, 1.165) is 19.4 Å². The summed E-state index contributed by atoms with van der Waals surface area (Å²) in [6.07, 6.45) is 0. The number of amides is 1. The highest BCUT2D eigenvalue weighted by Gasteiger charge is 2.05. The van der Waals surface area contributed by atoms with Gasteiger partial charge in [-0.2, -0.15) is 0 Å². The Morgan fingerprint density at radius 2 is 1.96 bits per heavy atom. The highest BCUT2D eigenvalue weighted by atomic mass is 127. The van der Waals surface area contributed by atoms with Crippen LogP contribution in [0.2, 0.25) is 0 Å². The van der Waals surface area contributed by atoms with E-state index in [1.54, 1.807) is 11.8 Å². The number of halogens is 2. The van der Waals surface area contributed by atoms with Gasteiger partial charge in [0.15, 0.2) is 0 Å². The lowest BCUT2D eigenvalue weighted by Crippen LogP contribution is -2.37. The molecule has 3 nitrogen and oxygen atoms in total. The van der Waals surface area contributed by atoms with Crippen LogP contribution in [-0.4, -0.2) is 11.7 Å².